The molecule has 0 spiro atoms. The lowest BCUT2D eigenvalue weighted by Crippen LogP contribution is -2.31. The van der Waals surface area contributed by atoms with Crippen LogP contribution in [0.2, 0.25) is 0 Å². The molecule has 2 heterocycles. The van der Waals surface area contributed by atoms with Crippen LogP contribution in [0.3, 0.4) is 0 Å². The van der Waals surface area contributed by atoms with Crippen LogP contribution < -0.4 is 4.74 Å². The van der Waals surface area contributed by atoms with E-state index in [4.69, 9.17) is 4.74 Å². The lowest BCUT2D eigenvalue weighted by atomic mass is 10.1. The molecule has 5 heteroatoms. The Morgan fingerprint density at radius 1 is 0.788 bits per heavy atom. The number of nitrogens with zero attached hydrogens (tertiary/aromatic N) is 2. The third kappa shape index (κ3) is 4.94. The number of ether oxygens (including phenoxy) is 1. The molecule has 3 aromatic carbocycles. The van der Waals surface area contributed by atoms with Crippen LogP contribution in [0.15, 0.2) is 109 Å². The summed E-state index contributed by atoms with van der Waals surface area (Å²) in [7, 11) is 0. The maximum Gasteiger partial charge on any atom is 0.241 e. The lowest BCUT2D eigenvalue weighted by molar-refractivity contribution is -0.130. The van der Waals surface area contributed by atoms with Crippen molar-refractivity contribution in [2.45, 2.75) is 17.0 Å². The normalized spacial score (nSPS) is 17.8. The van der Waals surface area contributed by atoms with Gasteiger partial charge < -0.3 is 9.64 Å². The number of benzene rings is 3. The summed E-state index contributed by atoms with van der Waals surface area (Å²) in [5, 5.41) is -0.315. The number of amides is 1. The summed E-state index contributed by atoms with van der Waals surface area (Å²) in [4.78, 5) is 20.0. The SMILES string of the molecule is O=C1C(c2ccccc2)SC(c2cccc(Oc3ccccc3)c2)N1CCc1ccccn1. The largest absolute Gasteiger partial charge is 0.457 e. The number of carbonyl (C=O) groups is 1. The minimum absolute atomic E-state index is 0.0919. The van der Waals surface area contributed by atoms with Crippen LogP contribution in [0.5, 0.6) is 11.5 Å². The second-order valence-electron chi connectivity index (χ2n) is 7.87. The van der Waals surface area contributed by atoms with E-state index in [0.717, 1.165) is 28.3 Å². The molecule has 1 aliphatic heterocycles. The molecule has 1 aromatic heterocycles. The van der Waals surface area contributed by atoms with Crippen molar-refractivity contribution < 1.29 is 9.53 Å². The Morgan fingerprint density at radius 2 is 1.48 bits per heavy atom. The fraction of sp³-hybridized carbons (Fsp3) is 0.143. The average molecular weight is 453 g/mol. The number of hydrogen-bond donors (Lipinski definition) is 0. The van der Waals surface area contributed by atoms with E-state index in [1.165, 1.54) is 0 Å². The Balaban J connectivity index is 1.42. The van der Waals surface area contributed by atoms with Gasteiger partial charge in [0.2, 0.25) is 5.91 Å². The molecule has 4 nitrogen and oxygen atoms in total. The Bertz CT molecular complexity index is 1200. The molecule has 1 fully saturated rings. The molecule has 1 saturated heterocycles. The maximum atomic E-state index is 13.5. The fourth-order valence-corrected chi connectivity index (χ4v) is 5.48. The van der Waals surface area contributed by atoms with Crippen LogP contribution in [0.4, 0.5) is 0 Å². The highest BCUT2D eigenvalue weighted by Gasteiger charge is 2.41. The zero-order valence-electron chi connectivity index (χ0n) is 18.1. The van der Waals surface area contributed by atoms with Gasteiger partial charge in [-0.1, -0.05) is 66.7 Å². The van der Waals surface area contributed by atoms with Crippen LogP contribution in [0.25, 0.3) is 0 Å². The van der Waals surface area contributed by atoms with Gasteiger partial charge in [0.05, 0.1) is 0 Å². The summed E-state index contributed by atoms with van der Waals surface area (Å²) < 4.78 is 6.06. The van der Waals surface area contributed by atoms with Crippen molar-refractivity contribution in [3.8, 4) is 11.5 Å². The van der Waals surface area contributed by atoms with Crippen molar-refractivity contribution in [3.05, 3.63) is 126 Å². The van der Waals surface area contributed by atoms with Crippen LogP contribution in [-0.2, 0) is 11.2 Å². The summed E-state index contributed by atoms with van der Waals surface area (Å²) in [5.41, 5.74) is 3.08. The van der Waals surface area contributed by atoms with E-state index in [1.54, 1.807) is 18.0 Å². The standard InChI is InChI=1S/C28H24N2O2S/c31-27-26(21-10-3-1-4-11-21)33-28(30(27)19-17-23-13-7-8-18-29-23)22-12-9-16-25(20-22)32-24-14-5-2-6-15-24/h1-16,18,20,26,28H,17,19H2. The molecule has 1 amide bonds. The highest BCUT2D eigenvalue weighted by molar-refractivity contribution is 8.00. The van der Waals surface area contributed by atoms with Crippen LogP contribution >= 0.6 is 11.8 Å². The predicted molar refractivity (Wildman–Crippen MR) is 132 cm³/mol. The summed E-state index contributed by atoms with van der Waals surface area (Å²) in [6.45, 7) is 0.612. The summed E-state index contributed by atoms with van der Waals surface area (Å²) in [6.07, 6.45) is 2.51. The quantitative estimate of drug-likeness (QED) is 0.324. The molecule has 2 unspecified atom stereocenters. The second-order valence-corrected chi connectivity index (χ2v) is 9.06. The van der Waals surface area contributed by atoms with E-state index in [1.807, 2.05) is 102 Å². The van der Waals surface area contributed by atoms with Gasteiger partial charge in [0.25, 0.3) is 0 Å². The smallest absolute Gasteiger partial charge is 0.241 e. The van der Waals surface area contributed by atoms with Gasteiger partial charge >= 0.3 is 0 Å². The Hall–Kier alpha value is -3.57. The van der Waals surface area contributed by atoms with Crippen molar-refractivity contribution in [3.63, 3.8) is 0 Å². The van der Waals surface area contributed by atoms with Crippen molar-refractivity contribution in [2.24, 2.45) is 0 Å². The third-order valence-corrected chi connectivity index (χ3v) is 7.15. The Morgan fingerprint density at radius 3 is 2.24 bits per heavy atom. The first-order valence-electron chi connectivity index (χ1n) is 11.0. The van der Waals surface area contributed by atoms with E-state index < -0.39 is 0 Å². The van der Waals surface area contributed by atoms with Crippen molar-refractivity contribution in [1.29, 1.82) is 0 Å². The zero-order valence-corrected chi connectivity index (χ0v) is 18.9. The number of hydrogen-bond acceptors (Lipinski definition) is 4. The van der Waals surface area contributed by atoms with Gasteiger partial charge in [-0.05, 0) is 47.5 Å². The van der Waals surface area contributed by atoms with E-state index in [2.05, 4.69) is 11.1 Å². The molecule has 164 valence electrons. The highest BCUT2D eigenvalue weighted by Crippen LogP contribution is 2.51. The number of thioether (sulfide) groups is 1. The number of pyridine rings is 1. The van der Waals surface area contributed by atoms with Crippen LogP contribution in [0.1, 0.15) is 27.4 Å². The topological polar surface area (TPSA) is 42.4 Å². The van der Waals surface area contributed by atoms with Crippen molar-refractivity contribution in [2.75, 3.05) is 6.54 Å². The first-order valence-corrected chi connectivity index (χ1v) is 12.0. The second kappa shape index (κ2) is 9.92. The molecular formula is C28H24N2O2S. The first-order chi connectivity index (χ1) is 16.3. The monoisotopic (exact) mass is 452 g/mol. The molecular weight excluding hydrogens is 428 g/mol. The van der Waals surface area contributed by atoms with Gasteiger partial charge in [0.1, 0.15) is 22.1 Å². The molecule has 0 radical (unpaired) electrons. The van der Waals surface area contributed by atoms with Gasteiger partial charge in [-0.25, -0.2) is 0 Å². The van der Waals surface area contributed by atoms with E-state index >= 15 is 0 Å². The summed E-state index contributed by atoms with van der Waals surface area (Å²) >= 11 is 1.68. The summed E-state index contributed by atoms with van der Waals surface area (Å²) in [6, 6.07) is 33.7. The lowest BCUT2D eigenvalue weighted by Gasteiger charge is -2.24. The van der Waals surface area contributed by atoms with Gasteiger partial charge in [-0.15, -0.1) is 11.8 Å². The molecule has 1 aliphatic rings. The maximum absolute atomic E-state index is 13.5. The Kier molecular flexibility index (Phi) is 6.40. The van der Waals surface area contributed by atoms with E-state index in [-0.39, 0.29) is 16.5 Å². The summed E-state index contributed by atoms with van der Waals surface area (Å²) in [5.74, 6) is 1.69. The number of para-hydroxylation sites is 1. The molecule has 4 aromatic rings. The predicted octanol–water partition coefficient (Wildman–Crippen LogP) is 6.43. The van der Waals surface area contributed by atoms with E-state index in [0.29, 0.717) is 13.0 Å². The van der Waals surface area contributed by atoms with Gasteiger partial charge in [0, 0.05) is 24.9 Å². The van der Waals surface area contributed by atoms with Gasteiger partial charge in [-0.2, -0.15) is 0 Å². The minimum Gasteiger partial charge on any atom is -0.457 e. The molecule has 0 aliphatic carbocycles. The minimum atomic E-state index is -0.223. The third-order valence-electron chi connectivity index (χ3n) is 5.61. The van der Waals surface area contributed by atoms with Crippen LogP contribution in [0, 0.1) is 0 Å². The average Bonchev–Trinajstić information content (AvgIpc) is 3.21. The van der Waals surface area contributed by atoms with Crippen molar-refractivity contribution in [1.82, 2.24) is 9.88 Å². The van der Waals surface area contributed by atoms with Crippen LogP contribution in [-0.4, -0.2) is 22.3 Å². The zero-order chi connectivity index (χ0) is 22.5. The molecule has 5 rings (SSSR count). The highest BCUT2D eigenvalue weighted by atomic mass is 32.2. The molecule has 0 bridgehead atoms. The van der Waals surface area contributed by atoms with Gasteiger partial charge in [0.15, 0.2) is 0 Å². The first kappa shape index (κ1) is 21.3. The van der Waals surface area contributed by atoms with E-state index in [9.17, 15) is 4.79 Å². The fourth-order valence-electron chi connectivity index (χ4n) is 4.00. The molecule has 0 saturated carbocycles. The number of carbonyl (C=O) groups excluding carboxylic acids is 1. The molecule has 2 atom stereocenters. The number of aromatic nitrogens is 1. The Labute approximate surface area is 198 Å². The molecule has 33 heavy (non-hydrogen) atoms. The number of rotatable bonds is 7. The van der Waals surface area contributed by atoms with Gasteiger partial charge in [-0.3, -0.25) is 9.78 Å². The van der Waals surface area contributed by atoms with Crippen molar-refractivity contribution >= 4 is 17.7 Å². The molecule has 0 N–H and O–H groups in total.